The lowest BCUT2D eigenvalue weighted by Gasteiger charge is -2.15. The summed E-state index contributed by atoms with van der Waals surface area (Å²) in [6, 6.07) is 23.9. The SMILES string of the molecule is Nc1ccc(OCc2ccccc2)c(Cc2ccccc2)c1N. The third-order valence-electron chi connectivity index (χ3n) is 3.81. The van der Waals surface area contributed by atoms with Crippen LogP contribution in [-0.2, 0) is 13.0 Å². The molecule has 0 bridgehead atoms. The molecule has 3 rings (SSSR count). The summed E-state index contributed by atoms with van der Waals surface area (Å²) in [4.78, 5) is 0. The number of benzene rings is 3. The minimum absolute atomic E-state index is 0.506. The molecule has 4 N–H and O–H groups in total. The first-order valence-corrected chi connectivity index (χ1v) is 7.61. The highest BCUT2D eigenvalue weighted by Crippen LogP contribution is 2.32. The quantitative estimate of drug-likeness (QED) is 0.700. The molecule has 3 heteroatoms. The second-order valence-corrected chi connectivity index (χ2v) is 5.48. The third kappa shape index (κ3) is 3.64. The van der Waals surface area contributed by atoms with Gasteiger partial charge in [-0.1, -0.05) is 60.7 Å². The van der Waals surface area contributed by atoms with Crippen molar-refractivity contribution in [3.63, 3.8) is 0 Å². The Morgan fingerprint density at radius 3 is 1.96 bits per heavy atom. The first-order valence-electron chi connectivity index (χ1n) is 7.61. The molecule has 3 aromatic carbocycles. The normalized spacial score (nSPS) is 10.4. The van der Waals surface area contributed by atoms with E-state index >= 15 is 0 Å². The smallest absolute Gasteiger partial charge is 0.125 e. The van der Waals surface area contributed by atoms with Gasteiger partial charge in [0.05, 0.1) is 11.4 Å². The Morgan fingerprint density at radius 2 is 1.30 bits per heavy atom. The lowest BCUT2D eigenvalue weighted by atomic mass is 10.0. The predicted molar refractivity (Wildman–Crippen MR) is 95.3 cm³/mol. The van der Waals surface area contributed by atoms with E-state index in [-0.39, 0.29) is 0 Å². The zero-order chi connectivity index (χ0) is 16.1. The van der Waals surface area contributed by atoms with Crippen LogP contribution in [0, 0.1) is 0 Å². The van der Waals surface area contributed by atoms with Gasteiger partial charge in [-0.15, -0.1) is 0 Å². The first kappa shape index (κ1) is 15.0. The van der Waals surface area contributed by atoms with Crippen molar-refractivity contribution < 1.29 is 4.74 Å². The molecule has 0 heterocycles. The second-order valence-electron chi connectivity index (χ2n) is 5.48. The summed E-state index contributed by atoms with van der Waals surface area (Å²) in [7, 11) is 0. The summed E-state index contributed by atoms with van der Waals surface area (Å²) < 4.78 is 6.00. The number of anilines is 2. The molecule has 3 aromatic rings. The number of nitrogens with two attached hydrogens (primary N) is 2. The minimum atomic E-state index is 0.506. The van der Waals surface area contributed by atoms with Crippen molar-refractivity contribution in [3.8, 4) is 5.75 Å². The summed E-state index contributed by atoms with van der Waals surface area (Å²) in [5.74, 6) is 0.782. The largest absolute Gasteiger partial charge is 0.489 e. The van der Waals surface area contributed by atoms with Gasteiger partial charge in [0, 0.05) is 12.0 Å². The van der Waals surface area contributed by atoms with Gasteiger partial charge in [0.2, 0.25) is 0 Å². The van der Waals surface area contributed by atoms with Crippen molar-refractivity contribution in [3.05, 3.63) is 89.5 Å². The van der Waals surface area contributed by atoms with Crippen molar-refractivity contribution in [1.82, 2.24) is 0 Å². The van der Waals surface area contributed by atoms with Gasteiger partial charge in [-0.25, -0.2) is 0 Å². The van der Waals surface area contributed by atoms with Gasteiger partial charge in [0.1, 0.15) is 12.4 Å². The molecule has 0 atom stereocenters. The van der Waals surface area contributed by atoms with Crippen LogP contribution in [0.5, 0.6) is 5.75 Å². The van der Waals surface area contributed by atoms with Crippen molar-refractivity contribution >= 4 is 11.4 Å². The van der Waals surface area contributed by atoms with E-state index in [1.165, 1.54) is 5.56 Å². The summed E-state index contributed by atoms with van der Waals surface area (Å²) in [5, 5.41) is 0. The molecule has 23 heavy (non-hydrogen) atoms. The van der Waals surface area contributed by atoms with Crippen molar-refractivity contribution in [2.75, 3.05) is 11.5 Å². The van der Waals surface area contributed by atoms with E-state index in [2.05, 4.69) is 12.1 Å². The van der Waals surface area contributed by atoms with E-state index in [9.17, 15) is 0 Å². The van der Waals surface area contributed by atoms with Crippen LogP contribution < -0.4 is 16.2 Å². The minimum Gasteiger partial charge on any atom is -0.489 e. The van der Waals surface area contributed by atoms with Crippen molar-refractivity contribution in [1.29, 1.82) is 0 Å². The number of ether oxygens (including phenoxy) is 1. The molecule has 3 nitrogen and oxygen atoms in total. The molecule has 0 aromatic heterocycles. The third-order valence-corrected chi connectivity index (χ3v) is 3.81. The predicted octanol–water partition coefficient (Wildman–Crippen LogP) is 4.02. The Kier molecular flexibility index (Phi) is 4.48. The molecule has 0 unspecified atom stereocenters. The van der Waals surface area contributed by atoms with Gasteiger partial charge >= 0.3 is 0 Å². The topological polar surface area (TPSA) is 61.3 Å². The number of hydrogen-bond acceptors (Lipinski definition) is 3. The van der Waals surface area contributed by atoms with Gasteiger partial charge in [0.15, 0.2) is 0 Å². The summed E-state index contributed by atoms with van der Waals surface area (Å²) >= 11 is 0. The maximum Gasteiger partial charge on any atom is 0.125 e. The standard InChI is InChI=1S/C20H20N2O/c21-18-11-12-19(23-14-16-9-5-2-6-10-16)17(20(18)22)13-15-7-3-1-4-8-15/h1-12H,13-14,21-22H2. The average molecular weight is 304 g/mol. The van der Waals surface area contributed by atoms with Crippen LogP contribution in [0.2, 0.25) is 0 Å². The van der Waals surface area contributed by atoms with Gasteiger partial charge in [-0.2, -0.15) is 0 Å². The maximum atomic E-state index is 6.20. The molecular formula is C20H20N2O. The van der Waals surface area contributed by atoms with Crippen molar-refractivity contribution in [2.45, 2.75) is 13.0 Å². The fraction of sp³-hybridized carbons (Fsp3) is 0.100. The van der Waals surface area contributed by atoms with Crippen LogP contribution in [0.25, 0.3) is 0 Å². The fourth-order valence-electron chi connectivity index (χ4n) is 2.52. The molecule has 0 saturated carbocycles. The van der Waals surface area contributed by atoms with Gasteiger partial charge < -0.3 is 16.2 Å². The first-order chi connectivity index (χ1) is 11.2. The Balaban J connectivity index is 1.86. The number of hydrogen-bond donors (Lipinski definition) is 2. The van der Waals surface area contributed by atoms with Crippen LogP contribution in [0.15, 0.2) is 72.8 Å². The van der Waals surface area contributed by atoms with Gasteiger partial charge in [-0.05, 0) is 23.3 Å². The van der Waals surface area contributed by atoms with Crippen LogP contribution in [0.3, 0.4) is 0 Å². The van der Waals surface area contributed by atoms with Crippen LogP contribution >= 0.6 is 0 Å². The molecule has 0 aliphatic carbocycles. The molecule has 0 radical (unpaired) electrons. The Labute approximate surface area is 136 Å². The van der Waals surface area contributed by atoms with Crippen LogP contribution in [-0.4, -0.2) is 0 Å². The van der Waals surface area contributed by atoms with Crippen molar-refractivity contribution in [2.24, 2.45) is 0 Å². The lowest BCUT2D eigenvalue weighted by molar-refractivity contribution is 0.303. The number of rotatable bonds is 5. The van der Waals surface area contributed by atoms with E-state index in [4.69, 9.17) is 16.2 Å². The fourth-order valence-corrected chi connectivity index (χ4v) is 2.52. The van der Waals surface area contributed by atoms with E-state index < -0.39 is 0 Å². The summed E-state index contributed by atoms with van der Waals surface area (Å²) in [5.41, 5.74) is 16.6. The molecule has 0 saturated heterocycles. The highest BCUT2D eigenvalue weighted by atomic mass is 16.5. The zero-order valence-corrected chi connectivity index (χ0v) is 12.9. The molecule has 0 aliphatic heterocycles. The van der Waals surface area contributed by atoms with Crippen LogP contribution in [0.4, 0.5) is 11.4 Å². The monoisotopic (exact) mass is 304 g/mol. The Bertz CT molecular complexity index is 770. The molecule has 0 amide bonds. The average Bonchev–Trinajstić information content (AvgIpc) is 2.60. The van der Waals surface area contributed by atoms with E-state index in [0.29, 0.717) is 24.4 Å². The summed E-state index contributed by atoms with van der Waals surface area (Å²) in [6.45, 7) is 0.506. The molecule has 0 fully saturated rings. The maximum absolute atomic E-state index is 6.20. The Morgan fingerprint density at radius 1 is 0.696 bits per heavy atom. The lowest BCUT2D eigenvalue weighted by Crippen LogP contribution is -2.05. The zero-order valence-electron chi connectivity index (χ0n) is 12.9. The van der Waals surface area contributed by atoms with E-state index in [1.54, 1.807) is 6.07 Å². The van der Waals surface area contributed by atoms with E-state index in [0.717, 1.165) is 16.9 Å². The summed E-state index contributed by atoms with van der Waals surface area (Å²) in [6.07, 6.45) is 0.696. The highest BCUT2D eigenvalue weighted by Gasteiger charge is 2.11. The molecule has 116 valence electrons. The van der Waals surface area contributed by atoms with Gasteiger partial charge in [-0.3, -0.25) is 0 Å². The van der Waals surface area contributed by atoms with Crippen LogP contribution in [0.1, 0.15) is 16.7 Å². The molecular weight excluding hydrogens is 284 g/mol. The highest BCUT2D eigenvalue weighted by molar-refractivity contribution is 5.71. The molecule has 0 aliphatic rings. The number of nitrogen functional groups attached to an aromatic ring is 2. The van der Waals surface area contributed by atoms with Gasteiger partial charge in [0.25, 0.3) is 0 Å². The van der Waals surface area contributed by atoms with E-state index in [1.807, 2.05) is 54.6 Å². The molecule has 0 spiro atoms. The Hall–Kier alpha value is -2.94. The second kappa shape index (κ2) is 6.88.